The lowest BCUT2D eigenvalue weighted by molar-refractivity contribution is 0.175. The Bertz CT molecular complexity index is 1430. The van der Waals surface area contributed by atoms with Crippen molar-refractivity contribution >= 4 is 17.2 Å². The van der Waals surface area contributed by atoms with Gasteiger partial charge >= 0.3 is 0 Å². The van der Waals surface area contributed by atoms with Crippen molar-refractivity contribution in [3.8, 4) is 12.3 Å². The Morgan fingerprint density at radius 2 is 1.71 bits per heavy atom. The summed E-state index contributed by atoms with van der Waals surface area (Å²) in [6, 6.07) is 20.3. The van der Waals surface area contributed by atoms with E-state index in [0.29, 0.717) is 11.3 Å². The first-order valence-corrected chi connectivity index (χ1v) is 13.9. The van der Waals surface area contributed by atoms with Crippen LogP contribution in [0.25, 0.3) is 0 Å². The quantitative estimate of drug-likeness (QED) is 0.177. The minimum absolute atomic E-state index is 0.265. The highest BCUT2D eigenvalue weighted by molar-refractivity contribution is 6.11. The minimum atomic E-state index is -0.973. The fourth-order valence-electron chi connectivity index (χ4n) is 4.89. The zero-order chi connectivity index (χ0) is 29.9. The smallest absolute Gasteiger partial charge is 0.132 e. The summed E-state index contributed by atoms with van der Waals surface area (Å²) in [5.41, 5.74) is 6.57. The second-order valence-electron chi connectivity index (χ2n) is 10.4. The van der Waals surface area contributed by atoms with Crippen molar-refractivity contribution in [1.29, 1.82) is 5.41 Å². The zero-order valence-electron chi connectivity index (χ0n) is 24.6. The predicted octanol–water partition coefficient (Wildman–Crippen LogP) is 7.65. The first-order chi connectivity index (χ1) is 19.6. The van der Waals surface area contributed by atoms with Crippen LogP contribution in [-0.4, -0.2) is 53.7 Å². The third-order valence-corrected chi connectivity index (χ3v) is 6.94. The summed E-state index contributed by atoms with van der Waals surface area (Å²) in [7, 11) is 0. The van der Waals surface area contributed by atoms with Crippen molar-refractivity contribution in [2.75, 3.05) is 26.2 Å². The van der Waals surface area contributed by atoms with Gasteiger partial charge in [-0.15, -0.1) is 12.3 Å². The molecule has 41 heavy (non-hydrogen) atoms. The van der Waals surface area contributed by atoms with Crippen LogP contribution in [0.2, 0.25) is 0 Å². The molecule has 1 atom stereocenters. The molecule has 1 fully saturated rings. The SMILES string of the molecule is C#CC.C=C(CC(C)F)C(=Nc1ccccc1C)N1CCN(Cc2ccc(C(=N)c3cccc(F)c3)c(C)c2)CC1. The van der Waals surface area contributed by atoms with Crippen LogP contribution in [0.15, 0.2) is 83.9 Å². The normalized spacial score (nSPS) is 14.5. The molecular formula is C35H40F2N4. The fraction of sp³-hybridized carbons (Fsp3) is 0.314. The van der Waals surface area contributed by atoms with Gasteiger partial charge in [0.2, 0.25) is 0 Å². The molecule has 3 aromatic carbocycles. The van der Waals surface area contributed by atoms with Crippen LogP contribution in [0.5, 0.6) is 0 Å². The van der Waals surface area contributed by atoms with Crippen molar-refractivity contribution < 1.29 is 8.78 Å². The van der Waals surface area contributed by atoms with Crippen molar-refractivity contribution in [1.82, 2.24) is 9.80 Å². The number of alkyl halides is 1. The van der Waals surface area contributed by atoms with Gasteiger partial charge in [-0.2, -0.15) is 0 Å². The van der Waals surface area contributed by atoms with Gasteiger partial charge in [-0.3, -0.25) is 10.3 Å². The third-order valence-electron chi connectivity index (χ3n) is 6.94. The molecule has 1 aliphatic heterocycles. The molecule has 0 aromatic heterocycles. The van der Waals surface area contributed by atoms with E-state index in [2.05, 4.69) is 40.9 Å². The first-order valence-electron chi connectivity index (χ1n) is 13.9. The Kier molecular flexibility index (Phi) is 11.6. The second kappa shape index (κ2) is 15.1. The molecule has 214 valence electrons. The summed E-state index contributed by atoms with van der Waals surface area (Å²) in [5.74, 6) is 2.69. The van der Waals surface area contributed by atoms with Gasteiger partial charge in [-0.1, -0.05) is 55.1 Å². The van der Waals surface area contributed by atoms with Gasteiger partial charge in [0.1, 0.15) is 17.8 Å². The average Bonchev–Trinajstić information content (AvgIpc) is 2.93. The second-order valence-corrected chi connectivity index (χ2v) is 10.4. The number of hydrogen-bond donors (Lipinski definition) is 1. The molecule has 6 heteroatoms. The maximum absolute atomic E-state index is 13.9. The van der Waals surface area contributed by atoms with E-state index in [1.54, 1.807) is 26.0 Å². The molecule has 1 unspecified atom stereocenters. The summed E-state index contributed by atoms with van der Waals surface area (Å²) in [4.78, 5) is 9.55. The lowest BCUT2D eigenvalue weighted by atomic mass is 9.96. The average molecular weight is 555 g/mol. The molecule has 0 saturated carbocycles. The van der Waals surface area contributed by atoms with E-state index in [1.807, 2.05) is 44.2 Å². The number of amidine groups is 1. The molecule has 0 bridgehead atoms. The van der Waals surface area contributed by atoms with E-state index in [0.717, 1.165) is 66.5 Å². The molecule has 0 radical (unpaired) electrons. The monoisotopic (exact) mass is 554 g/mol. The molecule has 0 amide bonds. The highest BCUT2D eigenvalue weighted by Gasteiger charge is 2.23. The number of terminal acetylenes is 1. The number of rotatable bonds is 8. The summed E-state index contributed by atoms with van der Waals surface area (Å²) < 4.78 is 27.5. The van der Waals surface area contributed by atoms with Gasteiger partial charge in [0.05, 0.1) is 11.4 Å². The lowest BCUT2D eigenvalue weighted by Crippen LogP contribution is -2.48. The van der Waals surface area contributed by atoms with Gasteiger partial charge in [-0.05, 0) is 68.2 Å². The van der Waals surface area contributed by atoms with Crippen LogP contribution in [0, 0.1) is 37.4 Å². The number of piperazine rings is 1. The lowest BCUT2D eigenvalue weighted by Gasteiger charge is -2.37. The Hall–Kier alpha value is -4.08. The van der Waals surface area contributed by atoms with E-state index < -0.39 is 6.17 Å². The Labute approximate surface area is 243 Å². The summed E-state index contributed by atoms with van der Waals surface area (Å²) >= 11 is 0. The number of nitrogens with zero attached hydrogens (tertiary/aromatic N) is 3. The van der Waals surface area contributed by atoms with Gasteiger partial charge in [-0.25, -0.2) is 13.8 Å². The summed E-state index contributed by atoms with van der Waals surface area (Å²) in [6.45, 7) is 15.5. The van der Waals surface area contributed by atoms with Crippen LogP contribution in [0.4, 0.5) is 14.5 Å². The van der Waals surface area contributed by atoms with E-state index in [9.17, 15) is 8.78 Å². The Morgan fingerprint density at radius 3 is 2.32 bits per heavy atom. The van der Waals surface area contributed by atoms with Crippen LogP contribution in [0.3, 0.4) is 0 Å². The van der Waals surface area contributed by atoms with Crippen LogP contribution in [0.1, 0.15) is 48.1 Å². The van der Waals surface area contributed by atoms with Gasteiger partial charge in [0.25, 0.3) is 0 Å². The molecule has 4 nitrogen and oxygen atoms in total. The molecule has 4 rings (SSSR count). The molecule has 1 aliphatic rings. The molecule has 0 aliphatic carbocycles. The van der Waals surface area contributed by atoms with Crippen molar-refractivity contribution in [2.24, 2.45) is 4.99 Å². The van der Waals surface area contributed by atoms with E-state index in [1.165, 1.54) is 17.7 Å². The molecule has 1 N–H and O–H groups in total. The zero-order valence-corrected chi connectivity index (χ0v) is 24.6. The molecule has 0 spiro atoms. The summed E-state index contributed by atoms with van der Waals surface area (Å²) in [5, 5.41) is 8.54. The van der Waals surface area contributed by atoms with Crippen LogP contribution in [-0.2, 0) is 6.54 Å². The molecule has 1 saturated heterocycles. The van der Waals surface area contributed by atoms with Gasteiger partial charge < -0.3 is 4.90 Å². The first kappa shape index (κ1) is 31.4. The number of benzene rings is 3. The van der Waals surface area contributed by atoms with E-state index >= 15 is 0 Å². The van der Waals surface area contributed by atoms with E-state index in [4.69, 9.17) is 10.4 Å². The van der Waals surface area contributed by atoms with Crippen molar-refractivity contribution in [3.05, 3.63) is 113 Å². The Morgan fingerprint density at radius 1 is 1.02 bits per heavy atom. The fourth-order valence-corrected chi connectivity index (χ4v) is 4.89. The maximum atomic E-state index is 13.9. The third kappa shape index (κ3) is 8.96. The molecule has 3 aromatic rings. The number of hydrogen-bond acceptors (Lipinski definition) is 3. The number of aryl methyl sites for hydroxylation is 2. The van der Waals surface area contributed by atoms with Gasteiger partial charge in [0.15, 0.2) is 0 Å². The number of nitrogens with one attached hydrogen (secondary N) is 1. The summed E-state index contributed by atoms with van der Waals surface area (Å²) in [6.07, 6.45) is 3.89. The minimum Gasteiger partial charge on any atom is -0.354 e. The van der Waals surface area contributed by atoms with Crippen LogP contribution >= 0.6 is 0 Å². The largest absolute Gasteiger partial charge is 0.354 e. The van der Waals surface area contributed by atoms with Crippen LogP contribution < -0.4 is 0 Å². The number of aliphatic imine (C=N–C) groups is 1. The molecule has 1 heterocycles. The topological polar surface area (TPSA) is 42.7 Å². The Balaban J connectivity index is 0.00000147. The highest BCUT2D eigenvalue weighted by Crippen LogP contribution is 2.23. The van der Waals surface area contributed by atoms with E-state index in [-0.39, 0.29) is 12.2 Å². The number of para-hydroxylation sites is 1. The molecular weight excluding hydrogens is 514 g/mol. The highest BCUT2D eigenvalue weighted by atomic mass is 19.1. The maximum Gasteiger partial charge on any atom is 0.132 e. The standard InChI is InChI=1S/C32H36F2N4.C3H4/c1-22-8-5-6-11-30(22)36-32(24(3)18-25(4)33)38-16-14-37(15-17-38)21-26-12-13-29(23(2)19-26)31(35)27-9-7-10-28(34)20-27;1-3-2/h5-13,19-20,25,35H,3,14-18,21H2,1-2,4H3;1H,2H3. The van der Waals surface area contributed by atoms with Crippen molar-refractivity contribution in [2.45, 2.75) is 46.8 Å². The number of halogens is 2. The predicted molar refractivity (Wildman–Crippen MR) is 167 cm³/mol. The van der Waals surface area contributed by atoms with Gasteiger partial charge in [0, 0.05) is 50.3 Å². The van der Waals surface area contributed by atoms with Crippen molar-refractivity contribution in [3.63, 3.8) is 0 Å².